The topological polar surface area (TPSA) is 20.2 Å². The van der Waals surface area contributed by atoms with Crippen LogP contribution in [-0.4, -0.2) is 43.9 Å². The number of quaternary nitrogens is 1. The minimum Gasteiger partial charge on any atom is -0.397 e. The van der Waals surface area contributed by atoms with Crippen LogP contribution in [0, 0.1) is 0 Å². The Morgan fingerprint density at radius 3 is 1.00 bits per heavy atom. The van der Waals surface area contributed by atoms with Crippen molar-refractivity contribution < 1.29 is 9.59 Å². The van der Waals surface area contributed by atoms with E-state index in [1.54, 1.807) is 6.92 Å². The number of hydrogen-bond donors (Lipinski definition) is 1. The van der Waals surface area contributed by atoms with Gasteiger partial charge in [0.05, 0.1) is 27.7 Å². The first-order chi connectivity index (χ1) is 6.97. The van der Waals surface area contributed by atoms with Crippen LogP contribution in [0.4, 0.5) is 0 Å². The molecule has 2 nitrogen and oxygen atoms in total. The lowest BCUT2D eigenvalue weighted by atomic mass is 10.4. The van der Waals surface area contributed by atoms with Crippen molar-refractivity contribution in [3.8, 4) is 0 Å². The summed E-state index contributed by atoms with van der Waals surface area (Å²) in [4.78, 5) is 0. The summed E-state index contributed by atoms with van der Waals surface area (Å²) in [6, 6.07) is 12.0. The second kappa shape index (κ2) is 11.2. The van der Waals surface area contributed by atoms with Crippen LogP contribution in [0.1, 0.15) is 13.8 Å². The fraction of sp³-hybridized carbons (Fsp3) is 0.538. The third kappa shape index (κ3) is 24.6. The van der Waals surface area contributed by atoms with Crippen molar-refractivity contribution in [3.63, 3.8) is 0 Å². The molecule has 0 heterocycles. The summed E-state index contributed by atoms with van der Waals surface area (Å²) in [5.41, 5.74) is 0. The Bertz CT molecular complexity index is 165. The van der Waals surface area contributed by atoms with Crippen molar-refractivity contribution in [3.05, 3.63) is 36.4 Å². The molecule has 0 atom stereocenters. The monoisotopic (exact) mass is 212 g/mol. The molecule has 0 bridgehead atoms. The molecule has 1 aromatic rings. The molecule has 0 aliphatic carbocycles. The molecule has 1 rings (SSSR count). The molecule has 0 aromatic heterocycles. The van der Waals surface area contributed by atoms with Gasteiger partial charge in [-0.25, -0.2) is 0 Å². The first-order valence-corrected chi connectivity index (χ1v) is 5.39. The Morgan fingerprint density at radius 2 is 0.933 bits per heavy atom. The fourth-order valence-electron chi connectivity index (χ4n) is 0.385. The molecular formula is C13H26NO+. The van der Waals surface area contributed by atoms with E-state index in [-0.39, 0.29) is 6.61 Å². The van der Waals surface area contributed by atoms with Gasteiger partial charge in [-0.3, -0.25) is 0 Å². The lowest BCUT2D eigenvalue weighted by Crippen LogP contribution is -2.33. The molecule has 2 heteroatoms. The predicted octanol–water partition coefficient (Wildman–Crippen LogP) is 2.40. The second-order valence-corrected chi connectivity index (χ2v) is 4.08. The van der Waals surface area contributed by atoms with Gasteiger partial charge in [0.1, 0.15) is 0 Å². The number of aliphatic hydroxyl groups is 1. The lowest BCUT2D eigenvalue weighted by molar-refractivity contribution is -0.868. The highest BCUT2D eigenvalue weighted by molar-refractivity contribution is 4.99. The third-order valence-corrected chi connectivity index (χ3v) is 1.62. The molecule has 0 saturated heterocycles. The van der Waals surface area contributed by atoms with Crippen molar-refractivity contribution >= 4 is 0 Å². The van der Waals surface area contributed by atoms with Gasteiger partial charge in [0.25, 0.3) is 0 Å². The summed E-state index contributed by atoms with van der Waals surface area (Å²) in [6.07, 6.45) is 0. The van der Waals surface area contributed by atoms with Crippen LogP contribution in [0.15, 0.2) is 36.4 Å². The summed E-state index contributed by atoms with van der Waals surface area (Å²) < 4.78 is 1.07. The Morgan fingerprint density at radius 1 is 0.800 bits per heavy atom. The molecule has 0 radical (unpaired) electrons. The Labute approximate surface area is 94.8 Å². The highest BCUT2D eigenvalue weighted by Crippen LogP contribution is 1.83. The maximum atomic E-state index is 7.57. The zero-order valence-corrected chi connectivity index (χ0v) is 10.8. The number of rotatable bonds is 1. The summed E-state index contributed by atoms with van der Waals surface area (Å²) in [5.74, 6) is 0. The molecule has 0 saturated carbocycles. The lowest BCUT2D eigenvalue weighted by Gasteiger charge is -2.20. The van der Waals surface area contributed by atoms with Crippen molar-refractivity contribution in [2.45, 2.75) is 13.8 Å². The summed E-state index contributed by atoms with van der Waals surface area (Å²) in [7, 11) is 6.54. The molecule has 0 aliphatic heterocycles. The smallest absolute Gasteiger partial charge is 0.0751 e. The molecule has 0 unspecified atom stereocenters. The molecule has 15 heavy (non-hydrogen) atoms. The van der Waals surface area contributed by atoms with Crippen LogP contribution in [-0.2, 0) is 0 Å². The van der Waals surface area contributed by atoms with Crippen molar-refractivity contribution in [1.29, 1.82) is 0 Å². The molecular weight excluding hydrogens is 186 g/mol. The van der Waals surface area contributed by atoms with E-state index in [2.05, 4.69) is 28.1 Å². The molecule has 0 amide bonds. The van der Waals surface area contributed by atoms with Crippen molar-refractivity contribution in [1.82, 2.24) is 0 Å². The summed E-state index contributed by atoms with van der Waals surface area (Å²) >= 11 is 0. The number of aliphatic hydroxyl groups excluding tert-OH is 1. The van der Waals surface area contributed by atoms with Crippen LogP contribution in [0.3, 0.4) is 0 Å². The Balaban J connectivity index is 0. The van der Waals surface area contributed by atoms with Crippen LogP contribution in [0.5, 0.6) is 0 Å². The van der Waals surface area contributed by atoms with Crippen LogP contribution >= 0.6 is 0 Å². The van der Waals surface area contributed by atoms with E-state index in [9.17, 15) is 0 Å². The molecule has 0 spiro atoms. The predicted molar refractivity (Wildman–Crippen MR) is 67.8 cm³/mol. The Kier molecular flexibility index (Phi) is 12.4. The first kappa shape index (κ1) is 16.6. The van der Waals surface area contributed by atoms with E-state index in [0.717, 1.165) is 4.48 Å². The molecule has 1 N–H and O–H groups in total. The standard InChI is InChI=1S/C6H6.C5H14N.C2H6O/c1-2-4-6-5-3-1;1-5-6(2,3)4;1-2-3/h1-6H;5H2,1-4H3;3H,2H2,1H3/q;+1;. The highest BCUT2D eigenvalue weighted by atomic mass is 16.2. The normalized spacial score (nSPS) is 9.20. The molecule has 0 aliphatic rings. The minimum absolute atomic E-state index is 0.250. The van der Waals surface area contributed by atoms with E-state index >= 15 is 0 Å². The van der Waals surface area contributed by atoms with E-state index in [1.807, 2.05) is 36.4 Å². The molecule has 0 fully saturated rings. The minimum atomic E-state index is 0.250. The van der Waals surface area contributed by atoms with Crippen molar-refractivity contribution in [2.75, 3.05) is 34.3 Å². The second-order valence-electron chi connectivity index (χ2n) is 4.08. The van der Waals surface area contributed by atoms with Gasteiger partial charge in [0, 0.05) is 6.61 Å². The van der Waals surface area contributed by atoms with E-state index in [1.165, 1.54) is 6.54 Å². The zero-order valence-electron chi connectivity index (χ0n) is 10.8. The van der Waals surface area contributed by atoms with Gasteiger partial charge in [0.2, 0.25) is 0 Å². The van der Waals surface area contributed by atoms with Crippen molar-refractivity contribution in [2.24, 2.45) is 0 Å². The van der Waals surface area contributed by atoms with Gasteiger partial charge in [0.15, 0.2) is 0 Å². The maximum Gasteiger partial charge on any atom is 0.0751 e. The zero-order chi connectivity index (χ0) is 12.2. The number of nitrogens with zero attached hydrogens (tertiary/aromatic N) is 1. The fourth-order valence-corrected chi connectivity index (χ4v) is 0.385. The van der Waals surface area contributed by atoms with Crippen LogP contribution in [0.25, 0.3) is 0 Å². The van der Waals surface area contributed by atoms with Gasteiger partial charge >= 0.3 is 0 Å². The quantitative estimate of drug-likeness (QED) is 0.709. The van der Waals surface area contributed by atoms with Gasteiger partial charge in [-0.15, -0.1) is 0 Å². The first-order valence-electron chi connectivity index (χ1n) is 5.39. The van der Waals surface area contributed by atoms with Gasteiger partial charge < -0.3 is 9.59 Å². The molecule has 1 aromatic carbocycles. The Hall–Kier alpha value is -0.860. The van der Waals surface area contributed by atoms with Gasteiger partial charge in [-0.2, -0.15) is 0 Å². The number of hydrogen-bond acceptors (Lipinski definition) is 1. The summed E-state index contributed by atoms with van der Waals surface area (Å²) in [6.45, 7) is 5.32. The average molecular weight is 212 g/mol. The highest BCUT2D eigenvalue weighted by Gasteiger charge is 1.97. The van der Waals surface area contributed by atoms with Gasteiger partial charge in [-0.05, 0) is 13.8 Å². The number of benzene rings is 1. The van der Waals surface area contributed by atoms with Crippen LogP contribution in [0.2, 0.25) is 0 Å². The van der Waals surface area contributed by atoms with Gasteiger partial charge in [-0.1, -0.05) is 36.4 Å². The third-order valence-electron chi connectivity index (χ3n) is 1.62. The van der Waals surface area contributed by atoms with Crippen LogP contribution < -0.4 is 0 Å². The summed E-state index contributed by atoms with van der Waals surface area (Å²) in [5, 5.41) is 7.57. The van der Waals surface area contributed by atoms with E-state index in [4.69, 9.17) is 5.11 Å². The molecule has 88 valence electrons. The average Bonchev–Trinajstić information content (AvgIpc) is 2.21. The SMILES string of the molecule is CCO.CC[N+](C)(C)C.c1ccccc1. The largest absolute Gasteiger partial charge is 0.397 e. The van der Waals surface area contributed by atoms with E-state index < -0.39 is 0 Å². The van der Waals surface area contributed by atoms with E-state index in [0.29, 0.717) is 0 Å². The maximum absolute atomic E-state index is 7.57.